The molecule has 0 bridgehead atoms. The number of nitrogens with zero attached hydrogens (tertiary/aromatic N) is 4. The summed E-state index contributed by atoms with van der Waals surface area (Å²) >= 11 is 1.33. The number of rotatable bonds is 2. The lowest BCUT2D eigenvalue weighted by Crippen LogP contribution is -2.38. The highest BCUT2D eigenvalue weighted by Gasteiger charge is 2.32. The summed E-state index contributed by atoms with van der Waals surface area (Å²) < 4.78 is 17.3. The number of aromatic amines is 1. The normalized spacial score (nSPS) is 16.8. The summed E-state index contributed by atoms with van der Waals surface area (Å²) in [6.45, 7) is 4.40. The number of amides is 1. The van der Waals surface area contributed by atoms with E-state index in [4.69, 9.17) is 0 Å². The standard InChI is InChI=1S/C17H16FN5OS/c1-9-14-13(15(21-20-14)16-19-10(2)22-25-16)7-8-23(9)17(24)11-3-5-12(18)6-4-11/h3-6,9H,7-8H2,1-2H3,(H,20,21). The van der Waals surface area contributed by atoms with Crippen molar-refractivity contribution in [2.45, 2.75) is 26.3 Å². The van der Waals surface area contributed by atoms with Gasteiger partial charge in [-0.05, 0) is 56.1 Å². The number of nitrogens with one attached hydrogen (secondary N) is 1. The molecule has 0 spiro atoms. The van der Waals surface area contributed by atoms with Gasteiger partial charge in [0.05, 0.1) is 11.7 Å². The molecule has 3 heterocycles. The number of halogens is 1. The van der Waals surface area contributed by atoms with E-state index < -0.39 is 0 Å². The number of hydrogen-bond donors (Lipinski definition) is 1. The van der Waals surface area contributed by atoms with Crippen LogP contribution in [0.2, 0.25) is 0 Å². The van der Waals surface area contributed by atoms with Gasteiger partial charge in [0.1, 0.15) is 17.3 Å². The Morgan fingerprint density at radius 3 is 2.80 bits per heavy atom. The first kappa shape index (κ1) is 15.9. The summed E-state index contributed by atoms with van der Waals surface area (Å²) in [4.78, 5) is 18.9. The molecule has 8 heteroatoms. The van der Waals surface area contributed by atoms with Gasteiger partial charge in [-0.25, -0.2) is 9.37 Å². The second-order valence-corrected chi connectivity index (χ2v) is 6.79. The van der Waals surface area contributed by atoms with Gasteiger partial charge in [0.25, 0.3) is 5.91 Å². The molecule has 2 aromatic heterocycles. The topological polar surface area (TPSA) is 74.8 Å². The molecule has 3 aromatic rings. The molecule has 4 rings (SSSR count). The van der Waals surface area contributed by atoms with E-state index >= 15 is 0 Å². The van der Waals surface area contributed by atoms with Crippen molar-refractivity contribution >= 4 is 17.4 Å². The number of carbonyl (C=O) groups excluding carboxylic acids is 1. The average molecular weight is 357 g/mol. The van der Waals surface area contributed by atoms with Crippen molar-refractivity contribution in [2.75, 3.05) is 6.54 Å². The second kappa shape index (κ2) is 6.03. The Labute approximate surface area is 147 Å². The quantitative estimate of drug-likeness (QED) is 0.765. The zero-order chi connectivity index (χ0) is 17.6. The van der Waals surface area contributed by atoms with Crippen LogP contribution >= 0.6 is 11.5 Å². The molecular weight excluding hydrogens is 341 g/mol. The zero-order valence-corrected chi connectivity index (χ0v) is 14.6. The third kappa shape index (κ3) is 2.72. The lowest BCUT2D eigenvalue weighted by atomic mass is 9.97. The molecule has 1 aliphatic heterocycles. The lowest BCUT2D eigenvalue weighted by Gasteiger charge is -2.33. The molecule has 0 saturated carbocycles. The van der Waals surface area contributed by atoms with Crippen molar-refractivity contribution in [1.29, 1.82) is 0 Å². The van der Waals surface area contributed by atoms with Crippen LogP contribution in [-0.2, 0) is 6.42 Å². The fourth-order valence-electron chi connectivity index (χ4n) is 3.16. The largest absolute Gasteiger partial charge is 0.330 e. The molecular formula is C17H16FN5OS. The summed E-state index contributed by atoms with van der Waals surface area (Å²) in [5.41, 5.74) is 3.31. The molecule has 1 amide bonds. The summed E-state index contributed by atoms with van der Waals surface area (Å²) in [7, 11) is 0. The summed E-state index contributed by atoms with van der Waals surface area (Å²) in [6.07, 6.45) is 0.692. The predicted octanol–water partition coefficient (Wildman–Crippen LogP) is 3.14. The van der Waals surface area contributed by atoms with Gasteiger partial charge in [-0.1, -0.05) is 0 Å². The van der Waals surface area contributed by atoms with Crippen molar-refractivity contribution in [3.63, 3.8) is 0 Å². The first-order valence-electron chi connectivity index (χ1n) is 7.99. The summed E-state index contributed by atoms with van der Waals surface area (Å²) in [5.74, 6) is 0.269. The van der Waals surface area contributed by atoms with Crippen LogP contribution in [0.4, 0.5) is 4.39 Å². The highest BCUT2D eigenvalue weighted by molar-refractivity contribution is 7.09. The third-order valence-corrected chi connectivity index (χ3v) is 5.28. The number of carbonyl (C=O) groups is 1. The maximum absolute atomic E-state index is 13.1. The SMILES string of the molecule is Cc1nsc(-c2n[nH]c3c2CCN(C(=O)c2ccc(F)cc2)C3C)n1. The Kier molecular flexibility index (Phi) is 3.84. The smallest absolute Gasteiger partial charge is 0.254 e. The monoisotopic (exact) mass is 357 g/mol. The van der Waals surface area contributed by atoms with Crippen molar-refractivity contribution < 1.29 is 9.18 Å². The van der Waals surface area contributed by atoms with Crippen LogP contribution in [0.3, 0.4) is 0 Å². The fourth-order valence-corrected chi connectivity index (χ4v) is 3.85. The van der Waals surface area contributed by atoms with E-state index in [9.17, 15) is 9.18 Å². The molecule has 0 saturated heterocycles. The first-order chi connectivity index (χ1) is 12.0. The van der Waals surface area contributed by atoms with Gasteiger partial charge in [-0.3, -0.25) is 9.89 Å². The molecule has 1 atom stereocenters. The predicted molar refractivity (Wildman–Crippen MR) is 91.8 cm³/mol. The van der Waals surface area contributed by atoms with Crippen LogP contribution < -0.4 is 0 Å². The fraction of sp³-hybridized carbons (Fsp3) is 0.294. The van der Waals surface area contributed by atoms with Gasteiger partial charge in [0.2, 0.25) is 0 Å². The van der Waals surface area contributed by atoms with E-state index in [0.717, 1.165) is 27.8 Å². The van der Waals surface area contributed by atoms with E-state index in [1.165, 1.54) is 35.8 Å². The number of hydrogen-bond acceptors (Lipinski definition) is 5. The van der Waals surface area contributed by atoms with Crippen LogP contribution in [0.5, 0.6) is 0 Å². The van der Waals surface area contributed by atoms with E-state index in [1.807, 2.05) is 13.8 Å². The van der Waals surface area contributed by atoms with Gasteiger partial charge < -0.3 is 4.90 Å². The maximum Gasteiger partial charge on any atom is 0.254 e. The van der Waals surface area contributed by atoms with Crippen LogP contribution in [0.25, 0.3) is 10.7 Å². The maximum atomic E-state index is 13.1. The van der Waals surface area contributed by atoms with E-state index in [2.05, 4.69) is 19.6 Å². The first-order valence-corrected chi connectivity index (χ1v) is 8.76. The van der Waals surface area contributed by atoms with Gasteiger partial charge >= 0.3 is 0 Å². The Morgan fingerprint density at radius 2 is 2.12 bits per heavy atom. The lowest BCUT2D eigenvalue weighted by molar-refractivity contribution is 0.0674. The van der Waals surface area contributed by atoms with Crippen molar-refractivity contribution in [3.05, 3.63) is 52.7 Å². The molecule has 1 unspecified atom stereocenters. The van der Waals surface area contributed by atoms with E-state index in [1.54, 1.807) is 4.90 Å². The molecule has 1 aliphatic rings. The third-order valence-electron chi connectivity index (χ3n) is 4.47. The van der Waals surface area contributed by atoms with Gasteiger partial charge in [0.15, 0.2) is 5.01 Å². The number of aryl methyl sites for hydroxylation is 1. The molecule has 6 nitrogen and oxygen atoms in total. The minimum Gasteiger partial charge on any atom is -0.330 e. The second-order valence-electron chi connectivity index (χ2n) is 6.04. The molecule has 128 valence electrons. The van der Waals surface area contributed by atoms with E-state index in [-0.39, 0.29) is 17.8 Å². The Balaban J connectivity index is 1.63. The molecule has 25 heavy (non-hydrogen) atoms. The van der Waals surface area contributed by atoms with Crippen LogP contribution in [-0.4, -0.2) is 36.9 Å². The van der Waals surface area contributed by atoms with Crippen molar-refractivity contribution in [1.82, 2.24) is 24.5 Å². The van der Waals surface area contributed by atoms with Crippen LogP contribution in [0.1, 0.15) is 40.4 Å². The van der Waals surface area contributed by atoms with Crippen molar-refractivity contribution in [2.24, 2.45) is 0 Å². The van der Waals surface area contributed by atoms with E-state index in [0.29, 0.717) is 18.5 Å². The highest BCUT2D eigenvalue weighted by atomic mass is 32.1. The van der Waals surface area contributed by atoms with Crippen LogP contribution in [0, 0.1) is 12.7 Å². The Hall–Kier alpha value is -2.61. The van der Waals surface area contributed by atoms with Gasteiger partial charge in [0, 0.05) is 17.7 Å². The van der Waals surface area contributed by atoms with Gasteiger partial charge in [-0.15, -0.1) is 0 Å². The minimum atomic E-state index is -0.351. The number of fused-ring (bicyclic) bond motifs is 1. The Morgan fingerprint density at radius 1 is 1.36 bits per heavy atom. The molecule has 0 fully saturated rings. The summed E-state index contributed by atoms with van der Waals surface area (Å²) in [5, 5.41) is 8.26. The molecule has 0 aliphatic carbocycles. The molecule has 1 N–H and O–H groups in total. The zero-order valence-electron chi connectivity index (χ0n) is 13.8. The minimum absolute atomic E-state index is 0.110. The molecule has 1 aromatic carbocycles. The Bertz CT molecular complexity index is 933. The average Bonchev–Trinajstić information content (AvgIpc) is 3.21. The number of aromatic nitrogens is 4. The number of benzene rings is 1. The molecule has 0 radical (unpaired) electrons. The van der Waals surface area contributed by atoms with Crippen molar-refractivity contribution in [3.8, 4) is 10.7 Å². The highest BCUT2D eigenvalue weighted by Crippen LogP contribution is 2.35. The number of H-pyrrole nitrogens is 1. The van der Waals surface area contributed by atoms with Gasteiger partial charge in [-0.2, -0.15) is 9.47 Å². The van der Waals surface area contributed by atoms with Crippen LogP contribution in [0.15, 0.2) is 24.3 Å². The summed E-state index contributed by atoms with van der Waals surface area (Å²) in [6, 6.07) is 5.50.